The van der Waals surface area contributed by atoms with Crippen molar-refractivity contribution in [3.63, 3.8) is 0 Å². The number of aliphatic imine (C=N–C) groups is 1. The average Bonchev–Trinajstić information content (AvgIpc) is 2.30. The van der Waals surface area contributed by atoms with E-state index in [0.717, 1.165) is 12.1 Å². The highest BCUT2D eigenvalue weighted by molar-refractivity contribution is 5.76. The van der Waals surface area contributed by atoms with Crippen LogP contribution >= 0.6 is 0 Å². The van der Waals surface area contributed by atoms with Gasteiger partial charge in [0.25, 0.3) is 0 Å². The molecule has 1 rings (SSSR count). The summed E-state index contributed by atoms with van der Waals surface area (Å²) in [4.78, 5) is 4.62. The van der Waals surface area contributed by atoms with E-state index in [0.29, 0.717) is 5.92 Å². The summed E-state index contributed by atoms with van der Waals surface area (Å²) in [6.07, 6.45) is 3.18. The highest BCUT2D eigenvalue weighted by Crippen LogP contribution is 2.19. The molecular weight excluding hydrogens is 194 g/mol. The van der Waals surface area contributed by atoms with Crippen LogP contribution in [0.5, 0.6) is 0 Å². The molecule has 0 aromatic heterocycles. The molecule has 1 unspecified atom stereocenters. The summed E-state index contributed by atoms with van der Waals surface area (Å²) in [6, 6.07) is 10.4. The number of nitrogens with zero attached hydrogens (tertiary/aromatic N) is 1. The molecule has 1 heteroatoms. The van der Waals surface area contributed by atoms with E-state index >= 15 is 0 Å². The van der Waals surface area contributed by atoms with E-state index < -0.39 is 0 Å². The summed E-state index contributed by atoms with van der Waals surface area (Å²) < 4.78 is 0. The lowest BCUT2D eigenvalue weighted by molar-refractivity contribution is 0.755. The molecule has 0 N–H and O–H groups in total. The van der Waals surface area contributed by atoms with E-state index in [4.69, 9.17) is 0 Å². The highest BCUT2D eigenvalue weighted by atomic mass is 14.7. The average molecular weight is 215 g/mol. The van der Waals surface area contributed by atoms with E-state index in [2.05, 4.69) is 63.2 Å². The molecule has 0 aliphatic heterocycles. The smallest absolute Gasteiger partial charge is 0.0684 e. The number of rotatable bonds is 4. The Morgan fingerprint density at radius 3 is 2.38 bits per heavy atom. The number of hydrogen-bond acceptors (Lipinski definition) is 1. The minimum atomic E-state index is 0.540. The Balaban J connectivity index is 2.96. The molecule has 0 saturated heterocycles. The van der Waals surface area contributed by atoms with Crippen LogP contribution in [-0.2, 0) is 0 Å². The van der Waals surface area contributed by atoms with Crippen molar-refractivity contribution in [2.24, 2.45) is 10.9 Å². The predicted molar refractivity (Wildman–Crippen MR) is 72.7 cm³/mol. The van der Waals surface area contributed by atoms with E-state index in [9.17, 15) is 0 Å². The first-order chi connectivity index (χ1) is 7.65. The van der Waals surface area contributed by atoms with Gasteiger partial charge in [0.05, 0.1) is 5.70 Å². The zero-order chi connectivity index (χ0) is 12.0. The topological polar surface area (TPSA) is 12.4 Å². The Kier molecular flexibility index (Phi) is 4.97. The van der Waals surface area contributed by atoms with Crippen LogP contribution in [0, 0.1) is 5.92 Å². The van der Waals surface area contributed by atoms with Gasteiger partial charge in [0, 0.05) is 11.8 Å². The quantitative estimate of drug-likeness (QED) is 0.653. The summed E-state index contributed by atoms with van der Waals surface area (Å²) >= 11 is 0. The van der Waals surface area contributed by atoms with Crippen molar-refractivity contribution in [3.05, 3.63) is 41.5 Å². The molecule has 0 amide bonds. The molecule has 0 saturated carbocycles. The Morgan fingerprint density at radius 1 is 1.25 bits per heavy atom. The van der Waals surface area contributed by atoms with Crippen LogP contribution in [-0.4, -0.2) is 6.21 Å². The van der Waals surface area contributed by atoms with Crippen LogP contribution in [0.15, 0.2) is 40.9 Å². The fourth-order valence-corrected chi connectivity index (χ4v) is 1.40. The molecule has 0 fully saturated rings. The van der Waals surface area contributed by atoms with E-state index in [1.54, 1.807) is 0 Å². The first-order valence-electron chi connectivity index (χ1n) is 5.92. The van der Waals surface area contributed by atoms with Gasteiger partial charge >= 0.3 is 0 Å². The first-order valence-corrected chi connectivity index (χ1v) is 5.92. The summed E-state index contributed by atoms with van der Waals surface area (Å²) in [5.41, 5.74) is 3.55. The minimum absolute atomic E-state index is 0.540. The molecule has 1 nitrogen and oxygen atoms in total. The Bertz CT molecular complexity index is 370. The second kappa shape index (κ2) is 6.26. The number of hydrogen-bond donors (Lipinski definition) is 0. The lowest BCUT2D eigenvalue weighted by atomic mass is 10.1. The number of benzene rings is 1. The van der Waals surface area contributed by atoms with Gasteiger partial charge in [-0.2, -0.15) is 0 Å². The van der Waals surface area contributed by atoms with Gasteiger partial charge in [0.1, 0.15) is 0 Å². The highest BCUT2D eigenvalue weighted by Gasteiger charge is 2.01. The van der Waals surface area contributed by atoms with Crippen LogP contribution in [0.2, 0.25) is 0 Å². The van der Waals surface area contributed by atoms with Crippen molar-refractivity contribution >= 4 is 11.9 Å². The summed E-state index contributed by atoms with van der Waals surface area (Å²) in [5, 5.41) is 0. The van der Waals surface area contributed by atoms with Crippen molar-refractivity contribution in [3.8, 4) is 0 Å². The van der Waals surface area contributed by atoms with Crippen molar-refractivity contribution in [2.45, 2.75) is 34.1 Å². The largest absolute Gasteiger partial charge is 0.260 e. The lowest BCUT2D eigenvalue weighted by Gasteiger charge is -2.06. The molecule has 0 aliphatic rings. The maximum absolute atomic E-state index is 4.62. The van der Waals surface area contributed by atoms with Gasteiger partial charge in [-0.1, -0.05) is 49.8 Å². The third-order valence-electron chi connectivity index (χ3n) is 2.62. The molecule has 0 bridgehead atoms. The van der Waals surface area contributed by atoms with Gasteiger partial charge in [0.2, 0.25) is 0 Å². The summed E-state index contributed by atoms with van der Waals surface area (Å²) in [6.45, 7) is 8.59. The van der Waals surface area contributed by atoms with Crippen LogP contribution < -0.4 is 0 Å². The standard InChI is InChI=1S/C15H21N/c1-5-13(4)11-16-15(12(2)3)14-9-7-6-8-10-14/h6-11,13H,5H2,1-4H3. The minimum Gasteiger partial charge on any atom is -0.260 e. The molecule has 86 valence electrons. The fraction of sp³-hybridized carbons (Fsp3) is 0.400. The molecule has 0 heterocycles. The van der Waals surface area contributed by atoms with Crippen molar-refractivity contribution in [1.82, 2.24) is 0 Å². The normalized spacial score (nSPS) is 12.8. The van der Waals surface area contributed by atoms with Crippen molar-refractivity contribution in [1.29, 1.82) is 0 Å². The monoisotopic (exact) mass is 215 g/mol. The van der Waals surface area contributed by atoms with Crippen molar-refractivity contribution in [2.75, 3.05) is 0 Å². The van der Waals surface area contributed by atoms with Gasteiger partial charge in [0.15, 0.2) is 0 Å². The SMILES string of the molecule is CCC(C)C=NC(=C(C)C)c1ccccc1. The second-order valence-electron chi connectivity index (χ2n) is 4.38. The van der Waals surface area contributed by atoms with Crippen LogP contribution in [0.1, 0.15) is 39.7 Å². The molecule has 16 heavy (non-hydrogen) atoms. The zero-order valence-electron chi connectivity index (χ0n) is 10.7. The second-order valence-corrected chi connectivity index (χ2v) is 4.38. The molecule has 1 aromatic rings. The van der Waals surface area contributed by atoms with Gasteiger partial charge in [-0.25, -0.2) is 0 Å². The maximum Gasteiger partial charge on any atom is 0.0684 e. The Morgan fingerprint density at radius 2 is 1.88 bits per heavy atom. The molecule has 0 radical (unpaired) electrons. The molecule has 0 spiro atoms. The van der Waals surface area contributed by atoms with E-state index in [1.165, 1.54) is 11.1 Å². The fourth-order valence-electron chi connectivity index (χ4n) is 1.40. The Hall–Kier alpha value is -1.37. The summed E-state index contributed by atoms with van der Waals surface area (Å²) in [7, 11) is 0. The molecule has 1 aromatic carbocycles. The van der Waals surface area contributed by atoms with E-state index in [-0.39, 0.29) is 0 Å². The Labute approximate surface area is 98.9 Å². The van der Waals surface area contributed by atoms with Crippen LogP contribution in [0.4, 0.5) is 0 Å². The van der Waals surface area contributed by atoms with E-state index in [1.807, 2.05) is 6.07 Å². The third kappa shape index (κ3) is 3.65. The zero-order valence-corrected chi connectivity index (χ0v) is 10.7. The van der Waals surface area contributed by atoms with Crippen LogP contribution in [0.3, 0.4) is 0 Å². The van der Waals surface area contributed by atoms with Crippen molar-refractivity contribution < 1.29 is 0 Å². The van der Waals surface area contributed by atoms with Gasteiger partial charge in [-0.15, -0.1) is 0 Å². The molecule has 1 atom stereocenters. The lowest BCUT2D eigenvalue weighted by Crippen LogP contribution is -1.94. The van der Waals surface area contributed by atoms with Gasteiger partial charge in [-0.05, 0) is 26.2 Å². The predicted octanol–water partition coefficient (Wildman–Crippen LogP) is 4.55. The first kappa shape index (κ1) is 12.7. The molecular formula is C15H21N. The number of allylic oxidation sites excluding steroid dienone is 1. The third-order valence-corrected chi connectivity index (χ3v) is 2.62. The van der Waals surface area contributed by atoms with Gasteiger partial charge in [-0.3, -0.25) is 4.99 Å². The van der Waals surface area contributed by atoms with Crippen LogP contribution in [0.25, 0.3) is 5.70 Å². The summed E-state index contributed by atoms with van der Waals surface area (Å²) in [5.74, 6) is 0.540. The molecule has 0 aliphatic carbocycles. The maximum atomic E-state index is 4.62. The van der Waals surface area contributed by atoms with Gasteiger partial charge < -0.3 is 0 Å².